The van der Waals surface area contributed by atoms with E-state index in [1.165, 1.54) is 25.8 Å². The van der Waals surface area contributed by atoms with Crippen molar-refractivity contribution in [1.29, 1.82) is 0 Å². The molecule has 0 aliphatic heterocycles. The molecule has 0 bridgehead atoms. The highest BCUT2D eigenvalue weighted by atomic mass is 15.1. The first-order valence-electron chi connectivity index (χ1n) is 5.56. The van der Waals surface area contributed by atoms with Crippen molar-refractivity contribution in [3.8, 4) is 0 Å². The third kappa shape index (κ3) is 4.10. The third-order valence-corrected chi connectivity index (χ3v) is 3.08. The van der Waals surface area contributed by atoms with Crippen LogP contribution in [0.4, 0.5) is 0 Å². The minimum Gasteiger partial charge on any atom is -0.314 e. The molecule has 2 heteroatoms. The van der Waals surface area contributed by atoms with E-state index in [-0.39, 0.29) is 0 Å². The number of rotatable bonds is 6. The van der Waals surface area contributed by atoms with Crippen molar-refractivity contribution in [1.82, 2.24) is 10.2 Å². The lowest BCUT2D eigenvalue weighted by Crippen LogP contribution is -2.37. The largest absolute Gasteiger partial charge is 0.314 e. The SMILES string of the molecule is CC(C)N(C)C(C)CCNC1CC1. The standard InChI is InChI=1S/C11H24N2/c1-9(2)13(4)10(3)7-8-12-11-5-6-11/h9-12H,5-8H2,1-4H3. The van der Waals surface area contributed by atoms with Gasteiger partial charge in [0.1, 0.15) is 0 Å². The lowest BCUT2D eigenvalue weighted by molar-refractivity contribution is 0.198. The molecule has 0 amide bonds. The summed E-state index contributed by atoms with van der Waals surface area (Å²) in [5.41, 5.74) is 0. The summed E-state index contributed by atoms with van der Waals surface area (Å²) < 4.78 is 0. The van der Waals surface area contributed by atoms with Gasteiger partial charge in [0.05, 0.1) is 0 Å². The van der Waals surface area contributed by atoms with Gasteiger partial charge in [0.15, 0.2) is 0 Å². The van der Waals surface area contributed by atoms with Crippen LogP contribution in [0.3, 0.4) is 0 Å². The van der Waals surface area contributed by atoms with E-state index in [4.69, 9.17) is 0 Å². The summed E-state index contributed by atoms with van der Waals surface area (Å²) >= 11 is 0. The predicted octanol–water partition coefficient (Wildman–Crippen LogP) is 1.86. The van der Waals surface area contributed by atoms with Crippen LogP contribution >= 0.6 is 0 Å². The zero-order valence-electron chi connectivity index (χ0n) is 9.51. The molecule has 1 unspecified atom stereocenters. The first kappa shape index (κ1) is 11.0. The normalized spacial score (nSPS) is 19.8. The van der Waals surface area contributed by atoms with E-state index in [1.807, 2.05) is 0 Å². The van der Waals surface area contributed by atoms with E-state index >= 15 is 0 Å². The molecular formula is C11H24N2. The van der Waals surface area contributed by atoms with Gasteiger partial charge in [-0.25, -0.2) is 0 Å². The molecule has 0 aromatic heterocycles. The van der Waals surface area contributed by atoms with Crippen molar-refractivity contribution in [3.63, 3.8) is 0 Å². The molecule has 78 valence electrons. The van der Waals surface area contributed by atoms with Crippen molar-refractivity contribution in [2.75, 3.05) is 13.6 Å². The van der Waals surface area contributed by atoms with Crippen LogP contribution in [0.5, 0.6) is 0 Å². The topological polar surface area (TPSA) is 15.3 Å². The van der Waals surface area contributed by atoms with Gasteiger partial charge in [-0.05, 0) is 53.6 Å². The van der Waals surface area contributed by atoms with Gasteiger partial charge in [0, 0.05) is 18.1 Å². The van der Waals surface area contributed by atoms with E-state index in [2.05, 4.69) is 38.0 Å². The van der Waals surface area contributed by atoms with Gasteiger partial charge >= 0.3 is 0 Å². The lowest BCUT2D eigenvalue weighted by atomic mass is 10.2. The molecule has 13 heavy (non-hydrogen) atoms. The second kappa shape index (κ2) is 4.97. The fourth-order valence-corrected chi connectivity index (χ4v) is 1.50. The van der Waals surface area contributed by atoms with Gasteiger partial charge in [-0.3, -0.25) is 0 Å². The van der Waals surface area contributed by atoms with Gasteiger partial charge in [0.2, 0.25) is 0 Å². The molecule has 0 aromatic carbocycles. The molecule has 1 atom stereocenters. The first-order valence-corrected chi connectivity index (χ1v) is 5.56. The third-order valence-electron chi connectivity index (χ3n) is 3.08. The lowest BCUT2D eigenvalue weighted by Gasteiger charge is -2.28. The van der Waals surface area contributed by atoms with Gasteiger partial charge in [0.25, 0.3) is 0 Å². The average molecular weight is 184 g/mol. The maximum atomic E-state index is 3.55. The Morgan fingerprint density at radius 2 is 1.92 bits per heavy atom. The van der Waals surface area contributed by atoms with Gasteiger partial charge in [-0.1, -0.05) is 0 Å². The second-order valence-electron chi connectivity index (χ2n) is 4.63. The Kier molecular flexibility index (Phi) is 4.20. The molecule has 0 saturated heterocycles. The Bertz CT molecular complexity index is 141. The van der Waals surface area contributed by atoms with Crippen LogP contribution in [-0.4, -0.2) is 36.6 Å². The Morgan fingerprint density at radius 3 is 2.38 bits per heavy atom. The predicted molar refractivity (Wildman–Crippen MR) is 58.0 cm³/mol. The monoisotopic (exact) mass is 184 g/mol. The molecule has 2 nitrogen and oxygen atoms in total. The van der Waals surface area contributed by atoms with Crippen molar-refractivity contribution < 1.29 is 0 Å². The minimum atomic E-state index is 0.663. The van der Waals surface area contributed by atoms with Crippen LogP contribution in [0.2, 0.25) is 0 Å². The minimum absolute atomic E-state index is 0.663. The van der Waals surface area contributed by atoms with Crippen LogP contribution in [-0.2, 0) is 0 Å². The maximum Gasteiger partial charge on any atom is 0.00786 e. The zero-order chi connectivity index (χ0) is 9.84. The molecule has 1 fully saturated rings. The molecule has 1 saturated carbocycles. The van der Waals surface area contributed by atoms with E-state index < -0.39 is 0 Å². The summed E-state index contributed by atoms with van der Waals surface area (Å²) in [7, 11) is 2.21. The molecule has 1 aliphatic rings. The maximum absolute atomic E-state index is 3.55. The summed E-state index contributed by atoms with van der Waals surface area (Å²) in [6, 6.07) is 2.22. The molecule has 1 N–H and O–H groups in total. The molecular weight excluding hydrogens is 160 g/mol. The van der Waals surface area contributed by atoms with Crippen molar-refractivity contribution in [2.45, 2.75) is 58.2 Å². The van der Waals surface area contributed by atoms with E-state index in [1.54, 1.807) is 0 Å². The number of hydrogen-bond acceptors (Lipinski definition) is 2. The van der Waals surface area contributed by atoms with Crippen LogP contribution in [0.15, 0.2) is 0 Å². The highest BCUT2D eigenvalue weighted by molar-refractivity contribution is 4.81. The number of hydrogen-bond donors (Lipinski definition) is 1. The number of nitrogens with one attached hydrogen (secondary N) is 1. The van der Waals surface area contributed by atoms with Crippen molar-refractivity contribution in [2.24, 2.45) is 0 Å². The van der Waals surface area contributed by atoms with Gasteiger partial charge < -0.3 is 10.2 Å². The molecule has 1 rings (SSSR count). The van der Waals surface area contributed by atoms with Gasteiger partial charge in [-0.15, -0.1) is 0 Å². The first-order chi connectivity index (χ1) is 6.11. The van der Waals surface area contributed by atoms with Crippen molar-refractivity contribution >= 4 is 0 Å². The Balaban J connectivity index is 2.04. The number of nitrogens with zero attached hydrogens (tertiary/aromatic N) is 1. The zero-order valence-corrected chi connectivity index (χ0v) is 9.51. The summed E-state index contributed by atoms with van der Waals surface area (Å²) in [5.74, 6) is 0. The quantitative estimate of drug-likeness (QED) is 0.678. The van der Waals surface area contributed by atoms with Crippen LogP contribution in [0.1, 0.15) is 40.0 Å². The summed E-state index contributed by atoms with van der Waals surface area (Å²) in [4.78, 5) is 2.44. The van der Waals surface area contributed by atoms with Gasteiger partial charge in [-0.2, -0.15) is 0 Å². The highest BCUT2D eigenvalue weighted by Crippen LogP contribution is 2.18. The van der Waals surface area contributed by atoms with Crippen LogP contribution < -0.4 is 5.32 Å². The highest BCUT2D eigenvalue weighted by Gasteiger charge is 2.20. The van der Waals surface area contributed by atoms with E-state index in [0.717, 1.165) is 6.04 Å². The van der Waals surface area contributed by atoms with Crippen LogP contribution in [0, 0.1) is 0 Å². The van der Waals surface area contributed by atoms with E-state index in [0.29, 0.717) is 12.1 Å². The Hall–Kier alpha value is -0.0800. The Morgan fingerprint density at radius 1 is 1.31 bits per heavy atom. The second-order valence-corrected chi connectivity index (χ2v) is 4.63. The summed E-state index contributed by atoms with van der Waals surface area (Å²) in [6.45, 7) is 8.01. The smallest absolute Gasteiger partial charge is 0.00786 e. The van der Waals surface area contributed by atoms with E-state index in [9.17, 15) is 0 Å². The molecule has 0 aromatic rings. The summed E-state index contributed by atoms with van der Waals surface area (Å²) in [5, 5.41) is 3.55. The average Bonchev–Trinajstić information content (AvgIpc) is 2.86. The molecule has 1 aliphatic carbocycles. The molecule has 0 heterocycles. The van der Waals surface area contributed by atoms with Crippen LogP contribution in [0.25, 0.3) is 0 Å². The summed E-state index contributed by atoms with van der Waals surface area (Å²) in [6.07, 6.45) is 4.06. The van der Waals surface area contributed by atoms with Crippen molar-refractivity contribution in [3.05, 3.63) is 0 Å². The molecule has 0 radical (unpaired) electrons. The Labute approximate surface area is 82.7 Å². The molecule has 0 spiro atoms. The fourth-order valence-electron chi connectivity index (χ4n) is 1.50. The fraction of sp³-hybridized carbons (Fsp3) is 1.00.